The van der Waals surface area contributed by atoms with Crippen LogP contribution < -0.4 is 5.32 Å². The first kappa shape index (κ1) is 12.8. The monoisotopic (exact) mass is 281 g/mol. The van der Waals surface area contributed by atoms with Crippen molar-refractivity contribution < 1.29 is 4.79 Å². The lowest BCUT2D eigenvalue weighted by Crippen LogP contribution is -2.22. The van der Waals surface area contributed by atoms with E-state index in [9.17, 15) is 4.79 Å². The molecular weight excluding hydrogens is 273 g/mol. The fourth-order valence-electron chi connectivity index (χ4n) is 1.38. The Hall–Kier alpha value is -1.65. The maximum Gasteiger partial charge on any atom is 0.251 e. The van der Waals surface area contributed by atoms with E-state index >= 15 is 0 Å². The van der Waals surface area contributed by atoms with E-state index < -0.39 is 0 Å². The average Bonchev–Trinajstić information content (AvgIpc) is 2.36. The van der Waals surface area contributed by atoms with E-state index in [1.807, 2.05) is 12.1 Å². The van der Waals surface area contributed by atoms with Crippen LogP contribution in [0, 0.1) is 0 Å². The van der Waals surface area contributed by atoms with Gasteiger partial charge in [-0.15, -0.1) is 0 Å². The lowest BCUT2D eigenvalue weighted by atomic mass is 10.2. The smallest absolute Gasteiger partial charge is 0.251 e. The molecule has 0 bridgehead atoms. The van der Waals surface area contributed by atoms with E-state index in [0.717, 1.165) is 5.56 Å². The molecule has 92 valence electrons. The number of aromatic nitrogens is 2. The topological polar surface area (TPSA) is 54.9 Å². The minimum absolute atomic E-state index is 0.189. The summed E-state index contributed by atoms with van der Waals surface area (Å²) in [7, 11) is 0. The molecule has 0 unspecified atom stereocenters. The Kier molecular flexibility index (Phi) is 4.12. The first-order valence-electron chi connectivity index (χ1n) is 5.15. The first-order chi connectivity index (χ1) is 8.65. The van der Waals surface area contributed by atoms with Crippen LogP contribution in [0.3, 0.4) is 0 Å². The van der Waals surface area contributed by atoms with Gasteiger partial charge in [0, 0.05) is 24.5 Å². The number of hydrogen-bond acceptors (Lipinski definition) is 3. The van der Waals surface area contributed by atoms with Gasteiger partial charge in [0.05, 0.1) is 0 Å². The van der Waals surface area contributed by atoms with Crippen LogP contribution in [0.2, 0.25) is 10.3 Å². The highest BCUT2D eigenvalue weighted by molar-refractivity contribution is 6.33. The molecule has 0 saturated heterocycles. The molecule has 18 heavy (non-hydrogen) atoms. The van der Waals surface area contributed by atoms with Gasteiger partial charge in [-0.05, 0) is 23.8 Å². The van der Waals surface area contributed by atoms with Gasteiger partial charge in [-0.25, -0.2) is 4.98 Å². The van der Waals surface area contributed by atoms with Crippen LogP contribution in [0.5, 0.6) is 0 Å². The Bertz CT molecular complexity index is 540. The fraction of sp³-hybridized carbons (Fsp3) is 0.0833. The van der Waals surface area contributed by atoms with Crippen molar-refractivity contribution >= 4 is 29.1 Å². The Morgan fingerprint density at radius 1 is 1.28 bits per heavy atom. The zero-order valence-electron chi connectivity index (χ0n) is 9.23. The summed E-state index contributed by atoms with van der Waals surface area (Å²) in [4.78, 5) is 19.6. The van der Waals surface area contributed by atoms with Crippen molar-refractivity contribution in [2.24, 2.45) is 0 Å². The highest BCUT2D eigenvalue weighted by Crippen LogP contribution is 2.14. The quantitative estimate of drug-likeness (QED) is 0.881. The summed E-state index contributed by atoms with van der Waals surface area (Å²) in [5.74, 6) is -0.259. The third kappa shape index (κ3) is 3.42. The standard InChI is InChI=1S/C12H9Cl2N3O/c13-10-4-9(5-11(14)17-10)12(18)16-7-8-2-1-3-15-6-8/h1-6H,7H2,(H,16,18). The molecule has 2 aromatic rings. The van der Waals surface area contributed by atoms with Crippen LogP contribution >= 0.6 is 23.2 Å². The number of carbonyl (C=O) groups is 1. The second-order valence-electron chi connectivity index (χ2n) is 3.55. The molecule has 0 aliphatic rings. The number of nitrogens with zero attached hydrogens (tertiary/aromatic N) is 2. The largest absolute Gasteiger partial charge is 0.348 e. The number of pyridine rings is 2. The Morgan fingerprint density at radius 2 is 2.00 bits per heavy atom. The molecule has 1 amide bonds. The highest BCUT2D eigenvalue weighted by Gasteiger charge is 2.08. The summed E-state index contributed by atoms with van der Waals surface area (Å²) < 4.78 is 0. The van der Waals surface area contributed by atoms with Crippen LogP contribution in [-0.4, -0.2) is 15.9 Å². The van der Waals surface area contributed by atoms with Crippen LogP contribution in [0.1, 0.15) is 15.9 Å². The lowest BCUT2D eigenvalue weighted by molar-refractivity contribution is 0.0951. The van der Waals surface area contributed by atoms with Crippen molar-refractivity contribution in [1.82, 2.24) is 15.3 Å². The number of carbonyl (C=O) groups excluding carboxylic acids is 1. The van der Waals surface area contributed by atoms with Crippen molar-refractivity contribution in [3.05, 3.63) is 58.1 Å². The summed E-state index contributed by atoms with van der Waals surface area (Å²) in [6, 6.07) is 6.61. The van der Waals surface area contributed by atoms with Crippen LogP contribution in [0.15, 0.2) is 36.7 Å². The van der Waals surface area contributed by atoms with Crippen LogP contribution in [-0.2, 0) is 6.54 Å². The normalized spacial score (nSPS) is 10.1. The maximum absolute atomic E-state index is 11.8. The molecule has 2 heterocycles. The van der Waals surface area contributed by atoms with E-state index in [4.69, 9.17) is 23.2 Å². The third-order valence-corrected chi connectivity index (χ3v) is 2.59. The van der Waals surface area contributed by atoms with Gasteiger partial charge in [-0.2, -0.15) is 0 Å². The summed E-state index contributed by atoms with van der Waals surface area (Å²) in [6.07, 6.45) is 3.36. The summed E-state index contributed by atoms with van der Waals surface area (Å²) in [6.45, 7) is 0.393. The van der Waals surface area contributed by atoms with E-state index in [1.165, 1.54) is 12.1 Å². The van der Waals surface area contributed by atoms with E-state index in [1.54, 1.807) is 12.4 Å². The number of rotatable bonds is 3. The van der Waals surface area contributed by atoms with Gasteiger partial charge in [-0.3, -0.25) is 9.78 Å². The Labute approximate surface area is 114 Å². The number of amides is 1. The van der Waals surface area contributed by atoms with Crippen LogP contribution in [0.25, 0.3) is 0 Å². The first-order valence-corrected chi connectivity index (χ1v) is 5.91. The number of halogens is 2. The van der Waals surface area contributed by atoms with Gasteiger partial charge in [0.15, 0.2) is 0 Å². The molecule has 0 saturated carbocycles. The van der Waals surface area contributed by atoms with Crippen molar-refractivity contribution in [2.45, 2.75) is 6.54 Å². The lowest BCUT2D eigenvalue weighted by Gasteiger charge is -2.05. The fourth-order valence-corrected chi connectivity index (χ4v) is 1.84. The molecule has 4 nitrogen and oxygen atoms in total. The van der Waals surface area contributed by atoms with E-state index in [0.29, 0.717) is 12.1 Å². The minimum atomic E-state index is -0.259. The Balaban J connectivity index is 2.04. The average molecular weight is 282 g/mol. The van der Waals surface area contributed by atoms with Gasteiger partial charge < -0.3 is 5.32 Å². The summed E-state index contributed by atoms with van der Waals surface area (Å²) in [5, 5.41) is 3.12. The second kappa shape index (κ2) is 5.80. The number of nitrogens with one attached hydrogen (secondary N) is 1. The van der Waals surface area contributed by atoms with Crippen molar-refractivity contribution in [3.8, 4) is 0 Å². The SMILES string of the molecule is O=C(NCc1cccnc1)c1cc(Cl)nc(Cl)c1. The molecule has 2 aromatic heterocycles. The highest BCUT2D eigenvalue weighted by atomic mass is 35.5. The Morgan fingerprint density at radius 3 is 2.61 bits per heavy atom. The molecule has 0 aliphatic heterocycles. The zero-order valence-corrected chi connectivity index (χ0v) is 10.7. The van der Waals surface area contributed by atoms with Gasteiger partial charge in [0.25, 0.3) is 5.91 Å². The van der Waals surface area contributed by atoms with E-state index in [2.05, 4.69) is 15.3 Å². The molecule has 0 atom stereocenters. The molecule has 0 spiro atoms. The van der Waals surface area contributed by atoms with Gasteiger partial charge >= 0.3 is 0 Å². The molecule has 2 rings (SSSR count). The van der Waals surface area contributed by atoms with Crippen molar-refractivity contribution in [2.75, 3.05) is 0 Å². The van der Waals surface area contributed by atoms with Crippen molar-refractivity contribution in [1.29, 1.82) is 0 Å². The molecule has 0 aliphatic carbocycles. The van der Waals surface area contributed by atoms with Gasteiger partial charge in [0.2, 0.25) is 0 Å². The molecule has 0 aromatic carbocycles. The second-order valence-corrected chi connectivity index (χ2v) is 4.32. The van der Waals surface area contributed by atoms with Crippen molar-refractivity contribution in [3.63, 3.8) is 0 Å². The predicted molar refractivity (Wildman–Crippen MR) is 69.7 cm³/mol. The molecule has 6 heteroatoms. The minimum Gasteiger partial charge on any atom is -0.348 e. The van der Waals surface area contributed by atoms with Crippen LogP contribution in [0.4, 0.5) is 0 Å². The zero-order chi connectivity index (χ0) is 13.0. The maximum atomic E-state index is 11.8. The third-order valence-electron chi connectivity index (χ3n) is 2.20. The molecule has 0 fully saturated rings. The van der Waals surface area contributed by atoms with E-state index in [-0.39, 0.29) is 16.2 Å². The number of hydrogen-bond donors (Lipinski definition) is 1. The molecule has 0 radical (unpaired) electrons. The summed E-state index contributed by atoms with van der Waals surface area (Å²) >= 11 is 11.5. The molecular formula is C12H9Cl2N3O. The van der Waals surface area contributed by atoms with Gasteiger partial charge in [-0.1, -0.05) is 29.3 Å². The predicted octanol–water partition coefficient (Wildman–Crippen LogP) is 2.71. The summed E-state index contributed by atoms with van der Waals surface area (Å²) in [5.41, 5.74) is 1.29. The molecule has 1 N–H and O–H groups in total. The van der Waals surface area contributed by atoms with Gasteiger partial charge in [0.1, 0.15) is 10.3 Å².